The van der Waals surface area contributed by atoms with Gasteiger partial charge < -0.3 is 19.6 Å². The van der Waals surface area contributed by atoms with Crippen molar-refractivity contribution in [3.05, 3.63) is 60.7 Å². The van der Waals surface area contributed by atoms with Crippen LogP contribution in [-0.2, 0) is 19.6 Å². The fourth-order valence-electron chi connectivity index (χ4n) is 4.46. The molecule has 0 unspecified atom stereocenters. The van der Waals surface area contributed by atoms with Crippen LogP contribution in [0.4, 0.5) is 5.69 Å². The summed E-state index contributed by atoms with van der Waals surface area (Å²) in [7, 11) is -3.71. The number of nitrogens with zero attached hydrogens (tertiary/aromatic N) is 2. The van der Waals surface area contributed by atoms with Crippen LogP contribution >= 0.6 is 0 Å². The van der Waals surface area contributed by atoms with Gasteiger partial charge in [0.15, 0.2) is 0 Å². The Kier molecular flexibility index (Phi) is 7.64. The quantitative estimate of drug-likeness (QED) is 0.634. The minimum Gasteiger partial charge on any atom is -0.394 e. The van der Waals surface area contributed by atoms with Gasteiger partial charge in [0, 0.05) is 31.9 Å². The van der Waals surface area contributed by atoms with Gasteiger partial charge in [0.2, 0.25) is 15.9 Å². The minimum absolute atomic E-state index is 0.0349. The number of para-hydroxylation sites is 1. The number of ether oxygens (including phenoxy) is 1. The van der Waals surface area contributed by atoms with Crippen LogP contribution in [-0.4, -0.2) is 75.4 Å². The normalized spacial score (nSPS) is 24.0. The number of sulfonamides is 1. The van der Waals surface area contributed by atoms with E-state index in [0.29, 0.717) is 25.9 Å². The minimum atomic E-state index is -3.71. The van der Waals surface area contributed by atoms with Crippen LogP contribution in [0.3, 0.4) is 0 Å². The Labute approximate surface area is 195 Å². The van der Waals surface area contributed by atoms with Crippen molar-refractivity contribution in [1.29, 1.82) is 0 Å². The number of amides is 1. The third-order valence-corrected chi connectivity index (χ3v) is 7.82. The Morgan fingerprint density at radius 2 is 1.61 bits per heavy atom. The molecule has 2 fully saturated rings. The summed E-state index contributed by atoms with van der Waals surface area (Å²) in [4.78, 5) is 17.2. The number of piperazine rings is 1. The van der Waals surface area contributed by atoms with Gasteiger partial charge in [-0.05, 0) is 37.1 Å². The molecule has 0 bridgehead atoms. The second-order valence-electron chi connectivity index (χ2n) is 8.50. The van der Waals surface area contributed by atoms with Crippen molar-refractivity contribution in [3.8, 4) is 0 Å². The van der Waals surface area contributed by atoms with Gasteiger partial charge in [-0.15, -0.1) is 0 Å². The standard InChI is InChI=1S/C24H31N3O5S/c28-18-23-22(25-33(30,31)21-9-5-2-6-10-21)12-11-20(32-23)17-24(29)27-15-13-26(14-16-27)19-7-3-1-4-8-19/h1-10,20,22-23,25,28H,11-18H2/t20-,22+,23+/m1/s1. The van der Waals surface area contributed by atoms with Gasteiger partial charge in [0.25, 0.3) is 0 Å². The number of benzene rings is 2. The number of aliphatic hydroxyl groups excluding tert-OH is 1. The van der Waals surface area contributed by atoms with E-state index in [1.54, 1.807) is 18.2 Å². The molecule has 8 nitrogen and oxygen atoms in total. The van der Waals surface area contributed by atoms with E-state index in [-0.39, 0.29) is 29.9 Å². The third-order valence-electron chi connectivity index (χ3n) is 6.31. The number of aliphatic hydroxyl groups is 1. The highest BCUT2D eigenvalue weighted by atomic mass is 32.2. The van der Waals surface area contributed by atoms with E-state index in [9.17, 15) is 18.3 Å². The van der Waals surface area contributed by atoms with Crippen molar-refractivity contribution in [3.63, 3.8) is 0 Å². The fraction of sp³-hybridized carbons (Fsp3) is 0.458. The van der Waals surface area contributed by atoms with Gasteiger partial charge in [-0.2, -0.15) is 0 Å². The summed E-state index contributed by atoms with van der Waals surface area (Å²) >= 11 is 0. The summed E-state index contributed by atoms with van der Waals surface area (Å²) in [6, 6.07) is 17.8. The van der Waals surface area contributed by atoms with E-state index in [1.165, 1.54) is 12.1 Å². The third kappa shape index (κ3) is 5.92. The summed E-state index contributed by atoms with van der Waals surface area (Å²) in [6.45, 7) is 2.56. The predicted molar refractivity (Wildman–Crippen MR) is 125 cm³/mol. The van der Waals surface area contributed by atoms with Gasteiger partial charge in [-0.3, -0.25) is 4.79 Å². The molecule has 2 aromatic carbocycles. The Morgan fingerprint density at radius 3 is 2.24 bits per heavy atom. The highest BCUT2D eigenvalue weighted by molar-refractivity contribution is 7.89. The number of hydrogen-bond acceptors (Lipinski definition) is 6. The number of carbonyl (C=O) groups excluding carboxylic acids is 1. The summed E-state index contributed by atoms with van der Waals surface area (Å²) in [5.41, 5.74) is 1.16. The summed E-state index contributed by atoms with van der Waals surface area (Å²) in [5, 5.41) is 9.81. The van der Waals surface area contributed by atoms with Crippen LogP contribution in [0.1, 0.15) is 19.3 Å². The van der Waals surface area contributed by atoms with Gasteiger partial charge in [-0.25, -0.2) is 13.1 Å². The molecule has 0 aliphatic carbocycles. The lowest BCUT2D eigenvalue weighted by atomic mass is 9.97. The maximum atomic E-state index is 12.9. The average Bonchev–Trinajstić information content (AvgIpc) is 2.86. The van der Waals surface area contributed by atoms with E-state index in [0.717, 1.165) is 18.8 Å². The fourth-order valence-corrected chi connectivity index (χ4v) is 5.78. The molecule has 0 aromatic heterocycles. The molecule has 0 radical (unpaired) electrons. The van der Waals surface area contributed by atoms with Gasteiger partial charge in [0.1, 0.15) is 0 Å². The van der Waals surface area contributed by atoms with Gasteiger partial charge >= 0.3 is 0 Å². The number of anilines is 1. The molecule has 2 N–H and O–H groups in total. The average molecular weight is 474 g/mol. The molecule has 2 saturated heterocycles. The maximum Gasteiger partial charge on any atom is 0.240 e. The van der Waals surface area contributed by atoms with E-state index in [4.69, 9.17) is 4.74 Å². The first kappa shape index (κ1) is 23.7. The number of rotatable bonds is 7. The first-order valence-electron chi connectivity index (χ1n) is 11.4. The van der Waals surface area contributed by atoms with Crippen LogP contribution in [0.2, 0.25) is 0 Å². The lowest BCUT2D eigenvalue weighted by Gasteiger charge is -2.38. The molecular formula is C24H31N3O5S. The van der Waals surface area contributed by atoms with Gasteiger partial charge in [0.05, 0.1) is 36.2 Å². The molecule has 1 amide bonds. The molecular weight excluding hydrogens is 442 g/mol. The zero-order valence-electron chi connectivity index (χ0n) is 18.5. The predicted octanol–water partition coefficient (Wildman–Crippen LogP) is 1.61. The summed E-state index contributed by atoms with van der Waals surface area (Å²) < 4.78 is 33.9. The van der Waals surface area contributed by atoms with E-state index in [1.807, 2.05) is 23.1 Å². The highest BCUT2D eigenvalue weighted by Crippen LogP contribution is 2.25. The topological polar surface area (TPSA) is 99.2 Å². The molecule has 3 atom stereocenters. The van der Waals surface area contributed by atoms with Crippen LogP contribution in [0.5, 0.6) is 0 Å². The number of hydrogen-bond donors (Lipinski definition) is 2. The number of nitrogens with one attached hydrogen (secondary N) is 1. The Morgan fingerprint density at radius 1 is 0.970 bits per heavy atom. The molecule has 2 aliphatic rings. The van der Waals surface area contributed by atoms with Crippen molar-refractivity contribution >= 4 is 21.6 Å². The molecule has 178 valence electrons. The van der Waals surface area contributed by atoms with Crippen LogP contribution in [0, 0.1) is 0 Å². The number of carbonyl (C=O) groups is 1. The summed E-state index contributed by atoms with van der Waals surface area (Å²) in [6.07, 6.45) is 0.259. The second kappa shape index (κ2) is 10.6. The van der Waals surface area contributed by atoms with Crippen LogP contribution in [0.15, 0.2) is 65.6 Å². The maximum absolute atomic E-state index is 12.9. The molecule has 9 heteroatoms. The smallest absolute Gasteiger partial charge is 0.240 e. The molecule has 0 saturated carbocycles. The SMILES string of the molecule is O=C(C[C@H]1CC[C@H](NS(=O)(=O)c2ccccc2)[C@H](CO)O1)N1CCN(c2ccccc2)CC1. The molecule has 4 rings (SSSR count). The Balaban J connectivity index is 1.28. The second-order valence-corrected chi connectivity index (χ2v) is 10.2. The first-order chi connectivity index (χ1) is 16.0. The molecule has 0 spiro atoms. The molecule has 33 heavy (non-hydrogen) atoms. The largest absolute Gasteiger partial charge is 0.394 e. The Bertz CT molecular complexity index is 1010. The zero-order valence-corrected chi connectivity index (χ0v) is 19.4. The van der Waals surface area contributed by atoms with Crippen LogP contribution < -0.4 is 9.62 Å². The zero-order chi connectivity index (χ0) is 23.3. The van der Waals surface area contributed by atoms with E-state index >= 15 is 0 Å². The van der Waals surface area contributed by atoms with Crippen molar-refractivity contribution in [2.75, 3.05) is 37.7 Å². The monoisotopic (exact) mass is 473 g/mol. The van der Waals surface area contributed by atoms with Crippen LogP contribution in [0.25, 0.3) is 0 Å². The molecule has 2 aliphatic heterocycles. The van der Waals surface area contributed by atoms with Gasteiger partial charge in [-0.1, -0.05) is 36.4 Å². The van der Waals surface area contributed by atoms with Crippen molar-refractivity contribution < 1.29 is 23.1 Å². The first-order valence-corrected chi connectivity index (χ1v) is 12.9. The van der Waals surface area contributed by atoms with E-state index < -0.39 is 22.2 Å². The molecule has 2 heterocycles. The Hall–Kier alpha value is -2.46. The van der Waals surface area contributed by atoms with Crippen molar-refractivity contribution in [1.82, 2.24) is 9.62 Å². The van der Waals surface area contributed by atoms with E-state index in [2.05, 4.69) is 21.8 Å². The molecule has 2 aromatic rings. The highest BCUT2D eigenvalue weighted by Gasteiger charge is 2.35. The van der Waals surface area contributed by atoms with Crippen molar-refractivity contribution in [2.24, 2.45) is 0 Å². The lowest BCUT2D eigenvalue weighted by Crippen LogP contribution is -2.52. The lowest BCUT2D eigenvalue weighted by molar-refractivity contribution is -0.140. The summed E-state index contributed by atoms with van der Waals surface area (Å²) in [5.74, 6) is 0.0349. The van der Waals surface area contributed by atoms with Crippen molar-refractivity contribution in [2.45, 2.75) is 42.4 Å².